The van der Waals surface area contributed by atoms with Gasteiger partial charge in [-0.25, -0.2) is 0 Å². The maximum Gasteiger partial charge on any atom is 0.252 e. The second kappa shape index (κ2) is 8.84. The summed E-state index contributed by atoms with van der Waals surface area (Å²) in [5.41, 5.74) is 1.82. The number of benzene rings is 1. The van der Waals surface area contributed by atoms with E-state index in [2.05, 4.69) is 39.5 Å². The van der Waals surface area contributed by atoms with Gasteiger partial charge in [-0.2, -0.15) is 0 Å². The number of hydrogen-bond donors (Lipinski definition) is 2. The first kappa shape index (κ1) is 19.1. The lowest BCUT2D eigenvalue weighted by molar-refractivity contribution is -0.0506. The Labute approximate surface area is 166 Å². The minimum absolute atomic E-state index is 0.0897. The molecule has 1 saturated heterocycles. The van der Waals surface area contributed by atoms with E-state index >= 15 is 0 Å². The number of amides is 1. The minimum atomic E-state index is -0.0897. The Balaban J connectivity index is 1.49. The van der Waals surface area contributed by atoms with E-state index in [1.165, 1.54) is 31.2 Å². The van der Waals surface area contributed by atoms with E-state index in [0.29, 0.717) is 18.0 Å². The Morgan fingerprint density at radius 2 is 1.89 bits per heavy atom. The maximum absolute atomic E-state index is 12.5. The number of aliphatic hydroxyl groups excluding tert-OH is 1. The van der Waals surface area contributed by atoms with Crippen molar-refractivity contribution in [2.45, 2.75) is 43.7 Å². The fraction of sp³-hybridized carbons (Fsp3) is 0.478. The molecule has 2 heterocycles. The fourth-order valence-corrected chi connectivity index (χ4v) is 4.95. The van der Waals surface area contributed by atoms with Gasteiger partial charge >= 0.3 is 0 Å². The van der Waals surface area contributed by atoms with Gasteiger partial charge < -0.3 is 10.4 Å². The molecule has 3 atom stereocenters. The lowest BCUT2D eigenvalue weighted by Gasteiger charge is -2.56. The average Bonchev–Trinajstić information content (AvgIpc) is 3.25. The summed E-state index contributed by atoms with van der Waals surface area (Å²) in [7, 11) is 0. The number of hydrogen-bond acceptors (Lipinski definition) is 4. The molecule has 1 aromatic heterocycles. The average molecular weight is 380 g/mol. The zero-order chi connectivity index (χ0) is 19.3. The monoisotopic (exact) mass is 379 g/mol. The number of rotatable bonds is 7. The Bertz CT molecular complexity index is 762. The number of pyridine rings is 1. The molecule has 1 aliphatic carbocycles. The molecule has 2 fully saturated rings. The molecule has 0 bridgehead atoms. The predicted molar refractivity (Wildman–Crippen MR) is 109 cm³/mol. The maximum atomic E-state index is 12.5. The molecule has 0 unspecified atom stereocenters. The first-order chi connectivity index (χ1) is 13.8. The van der Waals surface area contributed by atoms with E-state index in [4.69, 9.17) is 0 Å². The second-order valence-electron chi connectivity index (χ2n) is 8.05. The van der Waals surface area contributed by atoms with Gasteiger partial charge in [0.1, 0.15) is 0 Å². The highest BCUT2D eigenvalue weighted by Crippen LogP contribution is 2.42. The van der Waals surface area contributed by atoms with Gasteiger partial charge in [0.15, 0.2) is 0 Å². The minimum Gasteiger partial charge on any atom is -0.395 e. The highest BCUT2D eigenvalue weighted by molar-refractivity contribution is 5.93. The molecule has 1 saturated carbocycles. The van der Waals surface area contributed by atoms with Crippen LogP contribution in [0.15, 0.2) is 54.9 Å². The van der Waals surface area contributed by atoms with Gasteiger partial charge in [-0.1, -0.05) is 43.2 Å². The molecule has 1 aliphatic heterocycles. The molecule has 2 aromatic rings. The van der Waals surface area contributed by atoms with Crippen molar-refractivity contribution in [3.63, 3.8) is 0 Å². The summed E-state index contributed by atoms with van der Waals surface area (Å²) in [6.07, 6.45) is 8.44. The summed E-state index contributed by atoms with van der Waals surface area (Å²) in [6, 6.07) is 14.3. The molecular weight excluding hydrogens is 350 g/mol. The number of aliphatic hydroxyl groups is 1. The SMILES string of the molecule is O=C(NC[C@H]1[C@@H](c2ccccc2)[C@H](CO)N1CC1CCCC1)c1cccnc1. The Hall–Kier alpha value is -2.24. The van der Waals surface area contributed by atoms with Gasteiger partial charge in [0.2, 0.25) is 0 Å². The molecule has 5 nitrogen and oxygen atoms in total. The molecule has 5 heteroatoms. The Morgan fingerprint density at radius 1 is 1.11 bits per heavy atom. The van der Waals surface area contributed by atoms with Crippen LogP contribution in [0.3, 0.4) is 0 Å². The third-order valence-corrected chi connectivity index (χ3v) is 6.39. The zero-order valence-electron chi connectivity index (χ0n) is 16.2. The van der Waals surface area contributed by atoms with E-state index in [9.17, 15) is 9.90 Å². The third kappa shape index (κ3) is 3.96. The molecule has 2 N–H and O–H groups in total. The highest BCUT2D eigenvalue weighted by atomic mass is 16.3. The largest absolute Gasteiger partial charge is 0.395 e. The first-order valence-corrected chi connectivity index (χ1v) is 10.4. The number of nitrogens with zero attached hydrogens (tertiary/aromatic N) is 2. The number of aromatic nitrogens is 1. The lowest BCUT2D eigenvalue weighted by Crippen LogP contribution is -2.67. The summed E-state index contributed by atoms with van der Waals surface area (Å²) in [6.45, 7) is 1.75. The molecule has 148 valence electrons. The number of likely N-dealkylation sites (tertiary alicyclic amines) is 1. The topological polar surface area (TPSA) is 65.5 Å². The Morgan fingerprint density at radius 3 is 2.57 bits per heavy atom. The molecule has 0 spiro atoms. The van der Waals surface area contributed by atoms with Crippen LogP contribution in [0.1, 0.15) is 47.5 Å². The van der Waals surface area contributed by atoms with Crippen molar-refractivity contribution < 1.29 is 9.90 Å². The van der Waals surface area contributed by atoms with Gasteiger partial charge in [0, 0.05) is 43.5 Å². The molecule has 1 aromatic carbocycles. The van der Waals surface area contributed by atoms with Crippen LogP contribution in [-0.2, 0) is 0 Å². The number of carbonyl (C=O) groups is 1. The number of carbonyl (C=O) groups excluding carboxylic acids is 1. The second-order valence-corrected chi connectivity index (χ2v) is 8.05. The third-order valence-electron chi connectivity index (χ3n) is 6.39. The van der Waals surface area contributed by atoms with Crippen molar-refractivity contribution in [1.29, 1.82) is 0 Å². The van der Waals surface area contributed by atoms with Crippen LogP contribution in [0.25, 0.3) is 0 Å². The van der Waals surface area contributed by atoms with Crippen LogP contribution < -0.4 is 5.32 Å². The van der Waals surface area contributed by atoms with E-state index in [1.807, 2.05) is 6.07 Å². The van der Waals surface area contributed by atoms with E-state index in [1.54, 1.807) is 24.5 Å². The Kier molecular flexibility index (Phi) is 6.03. The molecule has 28 heavy (non-hydrogen) atoms. The highest BCUT2D eigenvalue weighted by Gasteiger charge is 2.49. The summed E-state index contributed by atoms with van der Waals surface area (Å²) in [4.78, 5) is 19.0. The zero-order valence-corrected chi connectivity index (χ0v) is 16.2. The molecular formula is C23H29N3O2. The van der Waals surface area contributed by atoms with E-state index in [-0.39, 0.29) is 30.5 Å². The van der Waals surface area contributed by atoms with E-state index < -0.39 is 0 Å². The lowest BCUT2D eigenvalue weighted by atomic mass is 9.74. The van der Waals surface area contributed by atoms with Crippen molar-refractivity contribution >= 4 is 5.91 Å². The summed E-state index contributed by atoms with van der Waals surface area (Å²) in [5.74, 6) is 0.859. The smallest absolute Gasteiger partial charge is 0.252 e. The molecule has 4 rings (SSSR count). The summed E-state index contributed by atoms with van der Waals surface area (Å²) >= 11 is 0. The molecule has 1 amide bonds. The predicted octanol–water partition coefficient (Wildman–Crippen LogP) is 2.83. The van der Waals surface area contributed by atoms with Crippen molar-refractivity contribution in [3.05, 3.63) is 66.0 Å². The molecule has 2 aliphatic rings. The van der Waals surface area contributed by atoms with Crippen LogP contribution >= 0.6 is 0 Å². The van der Waals surface area contributed by atoms with Crippen LogP contribution in [-0.4, -0.2) is 52.7 Å². The van der Waals surface area contributed by atoms with Crippen LogP contribution in [0.4, 0.5) is 0 Å². The van der Waals surface area contributed by atoms with Crippen molar-refractivity contribution in [2.75, 3.05) is 19.7 Å². The fourth-order valence-electron chi connectivity index (χ4n) is 4.95. The molecule has 0 radical (unpaired) electrons. The standard InChI is InChI=1S/C23H29N3O2/c27-16-21-22(18-9-2-1-3-10-18)20(26(21)15-17-7-4-5-8-17)14-25-23(28)19-11-6-12-24-13-19/h1-3,6,9-13,17,20-22,27H,4-5,7-8,14-16H2,(H,25,28)/t20-,21-,22+/m0/s1. The van der Waals surface area contributed by atoms with Crippen LogP contribution in [0.2, 0.25) is 0 Å². The van der Waals surface area contributed by atoms with Gasteiger partial charge in [-0.15, -0.1) is 0 Å². The van der Waals surface area contributed by atoms with Gasteiger partial charge in [-0.05, 0) is 36.5 Å². The van der Waals surface area contributed by atoms with Gasteiger partial charge in [0.25, 0.3) is 5.91 Å². The van der Waals surface area contributed by atoms with Crippen LogP contribution in [0.5, 0.6) is 0 Å². The van der Waals surface area contributed by atoms with Gasteiger partial charge in [-0.3, -0.25) is 14.7 Å². The summed E-state index contributed by atoms with van der Waals surface area (Å²) in [5, 5.41) is 13.2. The van der Waals surface area contributed by atoms with Crippen molar-refractivity contribution in [2.24, 2.45) is 5.92 Å². The van der Waals surface area contributed by atoms with Crippen molar-refractivity contribution in [3.8, 4) is 0 Å². The normalized spacial score (nSPS) is 25.4. The first-order valence-electron chi connectivity index (χ1n) is 10.4. The quantitative estimate of drug-likeness (QED) is 0.776. The van der Waals surface area contributed by atoms with E-state index in [0.717, 1.165) is 6.54 Å². The van der Waals surface area contributed by atoms with Crippen LogP contribution in [0, 0.1) is 5.92 Å². The van der Waals surface area contributed by atoms with Crippen molar-refractivity contribution in [1.82, 2.24) is 15.2 Å². The summed E-state index contributed by atoms with van der Waals surface area (Å²) < 4.78 is 0. The number of nitrogens with one attached hydrogen (secondary N) is 1. The van der Waals surface area contributed by atoms with Gasteiger partial charge in [0.05, 0.1) is 12.2 Å².